The minimum atomic E-state index is -3.59. The van der Waals surface area contributed by atoms with Crippen LogP contribution in [0.15, 0.2) is 42.5 Å². The van der Waals surface area contributed by atoms with E-state index in [2.05, 4.69) is 5.32 Å². The number of hydrogen-bond donors (Lipinski definition) is 1. The first kappa shape index (κ1) is 26.9. The van der Waals surface area contributed by atoms with Gasteiger partial charge < -0.3 is 15.0 Å². The quantitative estimate of drug-likeness (QED) is 0.633. The molecular weight excluding hydrogens is 442 g/mol. The molecule has 0 bridgehead atoms. The van der Waals surface area contributed by atoms with Crippen LogP contribution >= 0.6 is 0 Å². The summed E-state index contributed by atoms with van der Waals surface area (Å²) in [6.07, 6.45) is 3.33. The number of alkyl carbamates (subject to hydrolysis) is 1. The molecule has 0 aliphatic carbocycles. The molecule has 33 heavy (non-hydrogen) atoms. The average Bonchev–Trinajstić information content (AvgIpc) is 2.76. The van der Waals surface area contributed by atoms with Gasteiger partial charge in [-0.2, -0.15) is 4.31 Å². The maximum atomic E-state index is 13.3. The van der Waals surface area contributed by atoms with Crippen LogP contribution in [0.4, 0.5) is 4.79 Å². The summed E-state index contributed by atoms with van der Waals surface area (Å²) < 4.78 is 32.8. The number of sulfonamides is 1. The number of nitrogens with zero attached hydrogens (tertiary/aromatic N) is 2. The molecule has 0 aromatic heterocycles. The van der Waals surface area contributed by atoms with Crippen molar-refractivity contribution in [3.8, 4) is 0 Å². The third-order valence-corrected chi connectivity index (χ3v) is 6.79. The van der Waals surface area contributed by atoms with Crippen LogP contribution in [0.5, 0.6) is 0 Å². The molecule has 0 fully saturated rings. The van der Waals surface area contributed by atoms with E-state index in [-0.39, 0.29) is 43.8 Å². The zero-order chi connectivity index (χ0) is 24.6. The predicted octanol–water partition coefficient (Wildman–Crippen LogP) is 3.16. The Morgan fingerprint density at radius 2 is 1.73 bits per heavy atom. The van der Waals surface area contributed by atoms with E-state index in [1.165, 1.54) is 9.21 Å². The summed E-state index contributed by atoms with van der Waals surface area (Å²) >= 11 is 0. The maximum absolute atomic E-state index is 13.3. The Bertz CT molecular complexity index is 923. The van der Waals surface area contributed by atoms with Crippen molar-refractivity contribution in [2.24, 2.45) is 5.92 Å². The Hall–Kier alpha value is -2.39. The van der Waals surface area contributed by atoms with Crippen molar-refractivity contribution in [1.82, 2.24) is 14.5 Å². The SMILES string of the molecule is CC(C)C[C@H](NC(=O)OC(C)(C)C)C(=O)N1C/C=C\CN(Cc2ccccc2)S(=O)(=O)CC1. The molecule has 0 saturated heterocycles. The summed E-state index contributed by atoms with van der Waals surface area (Å²) in [6, 6.07) is 8.62. The number of hydrogen-bond acceptors (Lipinski definition) is 5. The first-order valence-corrected chi connectivity index (χ1v) is 12.9. The molecule has 1 heterocycles. The van der Waals surface area contributed by atoms with Gasteiger partial charge in [-0.3, -0.25) is 4.79 Å². The van der Waals surface area contributed by atoms with Crippen molar-refractivity contribution in [1.29, 1.82) is 0 Å². The van der Waals surface area contributed by atoms with Gasteiger partial charge in [-0.1, -0.05) is 56.3 Å². The molecular formula is C24H37N3O5S. The first-order valence-electron chi connectivity index (χ1n) is 11.3. The fraction of sp³-hybridized carbons (Fsp3) is 0.583. The average molecular weight is 480 g/mol. The minimum Gasteiger partial charge on any atom is -0.444 e. The number of rotatable bonds is 6. The van der Waals surface area contributed by atoms with Crippen molar-refractivity contribution in [2.45, 2.75) is 59.2 Å². The van der Waals surface area contributed by atoms with Gasteiger partial charge in [-0.25, -0.2) is 13.2 Å². The van der Waals surface area contributed by atoms with E-state index in [0.29, 0.717) is 6.42 Å². The number of nitrogens with one attached hydrogen (secondary N) is 1. The molecule has 1 atom stereocenters. The monoisotopic (exact) mass is 479 g/mol. The van der Waals surface area contributed by atoms with E-state index < -0.39 is 27.8 Å². The highest BCUT2D eigenvalue weighted by Crippen LogP contribution is 2.15. The van der Waals surface area contributed by atoms with Gasteiger partial charge in [0.2, 0.25) is 15.9 Å². The summed E-state index contributed by atoms with van der Waals surface area (Å²) in [5.41, 5.74) is 0.215. The molecule has 0 spiro atoms. The van der Waals surface area contributed by atoms with Crippen molar-refractivity contribution in [3.05, 3.63) is 48.0 Å². The maximum Gasteiger partial charge on any atom is 0.408 e. The predicted molar refractivity (Wildman–Crippen MR) is 129 cm³/mol. The van der Waals surface area contributed by atoms with Crippen molar-refractivity contribution in [2.75, 3.05) is 25.4 Å². The van der Waals surface area contributed by atoms with Gasteiger partial charge in [0.05, 0.1) is 5.75 Å². The Morgan fingerprint density at radius 1 is 1.09 bits per heavy atom. The zero-order valence-corrected chi connectivity index (χ0v) is 21.1. The highest BCUT2D eigenvalue weighted by molar-refractivity contribution is 7.89. The summed E-state index contributed by atoms with van der Waals surface area (Å²) in [5.74, 6) is -0.355. The second-order valence-electron chi connectivity index (χ2n) is 9.68. The van der Waals surface area contributed by atoms with Crippen LogP contribution < -0.4 is 5.32 Å². The summed E-state index contributed by atoms with van der Waals surface area (Å²) in [7, 11) is -3.59. The van der Waals surface area contributed by atoms with E-state index in [4.69, 9.17) is 4.74 Å². The summed E-state index contributed by atoms with van der Waals surface area (Å²) in [5, 5.41) is 2.68. The smallest absolute Gasteiger partial charge is 0.408 e. The van der Waals surface area contributed by atoms with Crippen LogP contribution in [0, 0.1) is 5.92 Å². The summed E-state index contributed by atoms with van der Waals surface area (Å²) in [6.45, 7) is 10.0. The van der Waals surface area contributed by atoms with Crippen LogP contribution in [-0.4, -0.2) is 66.7 Å². The van der Waals surface area contributed by atoms with E-state index >= 15 is 0 Å². The number of benzene rings is 1. The zero-order valence-electron chi connectivity index (χ0n) is 20.3. The molecule has 1 N–H and O–H groups in total. The standard InChI is InChI=1S/C24H37N3O5S/c1-19(2)17-21(25-23(29)32-24(3,4)5)22(28)26-13-9-10-14-27(33(30,31)16-15-26)18-20-11-7-6-8-12-20/h6-12,19,21H,13-18H2,1-5H3,(H,25,29)/b10-9-/t21-/m0/s1. The molecule has 1 aliphatic rings. The molecule has 0 unspecified atom stereocenters. The molecule has 184 valence electrons. The van der Waals surface area contributed by atoms with Crippen molar-refractivity contribution >= 4 is 22.0 Å². The van der Waals surface area contributed by atoms with E-state index in [0.717, 1.165) is 5.56 Å². The lowest BCUT2D eigenvalue weighted by Gasteiger charge is -2.29. The van der Waals surface area contributed by atoms with Gasteiger partial charge in [0.15, 0.2) is 0 Å². The Labute approximate surface area is 198 Å². The number of carbonyl (C=O) groups is 2. The topological polar surface area (TPSA) is 96.0 Å². The summed E-state index contributed by atoms with van der Waals surface area (Å²) in [4.78, 5) is 27.1. The molecule has 2 rings (SSSR count). The van der Waals surface area contributed by atoms with Crippen LogP contribution in [0.25, 0.3) is 0 Å². The Balaban J connectivity index is 2.13. The molecule has 0 radical (unpaired) electrons. The number of carbonyl (C=O) groups excluding carboxylic acids is 2. The largest absolute Gasteiger partial charge is 0.444 e. The highest BCUT2D eigenvalue weighted by Gasteiger charge is 2.30. The Morgan fingerprint density at radius 3 is 2.33 bits per heavy atom. The van der Waals surface area contributed by atoms with Crippen LogP contribution in [0.1, 0.15) is 46.6 Å². The van der Waals surface area contributed by atoms with Gasteiger partial charge in [0, 0.05) is 26.2 Å². The van der Waals surface area contributed by atoms with Crippen LogP contribution in [-0.2, 0) is 26.1 Å². The van der Waals surface area contributed by atoms with Gasteiger partial charge in [0.1, 0.15) is 11.6 Å². The molecule has 1 aliphatic heterocycles. The molecule has 0 saturated carbocycles. The number of amides is 2. The van der Waals surface area contributed by atoms with E-state index in [9.17, 15) is 18.0 Å². The second kappa shape index (κ2) is 11.7. The molecule has 8 nitrogen and oxygen atoms in total. The Kier molecular flexibility index (Phi) is 9.48. The van der Waals surface area contributed by atoms with E-state index in [1.807, 2.05) is 44.2 Å². The fourth-order valence-corrected chi connectivity index (χ4v) is 4.83. The lowest BCUT2D eigenvalue weighted by Crippen LogP contribution is -2.51. The third kappa shape index (κ3) is 9.17. The van der Waals surface area contributed by atoms with Crippen LogP contribution in [0.2, 0.25) is 0 Å². The highest BCUT2D eigenvalue weighted by atomic mass is 32.2. The normalized spacial score (nSPS) is 19.2. The lowest BCUT2D eigenvalue weighted by atomic mass is 10.0. The number of ether oxygens (including phenoxy) is 1. The molecule has 1 aromatic carbocycles. The first-order chi connectivity index (χ1) is 15.4. The van der Waals surface area contributed by atoms with Gasteiger partial charge in [-0.15, -0.1) is 0 Å². The van der Waals surface area contributed by atoms with Gasteiger partial charge >= 0.3 is 6.09 Å². The molecule has 9 heteroatoms. The van der Waals surface area contributed by atoms with Gasteiger partial charge in [0.25, 0.3) is 0 Å². The van der Waals surface area contributed by atoms with Crippen LogP contribution in [0.3, 0.4) is 0 Å². The minimum absolute atomic E-state index is 0.0430. The lowest BCUT2D eigenvalue weighted by molar-refractivity contribution is -0.133. The fourth-order valence-electron chi connectivity index (χ4n) is 3.47. The van der Waals surface area contributed by atoms with Crippen molar-refractivity contribution < 1.29 is 22.7 Å². The third-order valence-electron chi connectivity index (χ3n) is 5.02. The van der Waals surface area contributed by atoms with Crippen molar-refractivity contribution in [3.63, 3.8) is 0 Å². The molecule has 2 amide bonds. The van der Waals surface area contributed by atoms with Gasteiger partial charge in [-0.05, 0) is 38.7 Å². The van der Waals surface area contributed by atoms with E-state index in [1.54, 1.807) is 32.9 Å². The molecule has 1 aromatic rings. The second-order valence-corrected chi connectivity index (χ2v) is 11.8.